The summed E-state index contributed by atoms with van der Waals surface area (Å²) in [5, 5.41) is 10.5. The molecule has 0 fully saturated rings. The summed E-state index contributed by atoms with van der Waals surface area (Å²) >= 11 is 0. The van der Waals surface area contributed by atoms with Crippen molar-refractivity contribution in [3.8, 4) is 0 Å². The molecule has 5 nitrogen and oxygen atoms in total. The first-order chi connectivity index (χ1) is 8.33. The van der Waals surface area contributed by atoms with Crippen LogP contribution in [0.25, 0.3) is 0 Å². The molecular formula is C12H20N4O. The average Bonchev–Trinajstić information content (AvgIpc) is 2.37. The van der Waals surface area contributed by atoms with Crippen LogP contribution in [0.4, 0.5) is 0 Å². The third-order valence-electron chi connectivity index (χ3n) is 2.45. The molecule has 0 aliphatic carbocycles. The Bertz CT molecular complexity index is 316. The Hall–Kier alpha value is -1.49. The number of hydrogen-bond donors (Lipinski definition) is 2. The van der Waals surface area contributed by atoms with Gasteiger partial charge < -0.3 is 11.1 Å². The average molecular weight is 236 g/mol. The van der Waals surface area contributed by atoms with E-state index in [1.165, 1.54) is 0 Å². The summed E-state index contributed by atoms with van der Waals surface area (Å²) in [5.41, 5.74) is 6.17. The maximum atomic E-state index is 11.5. The largest absolute Gasteiger partial charge is 0.350 e. The molecule has 0 aromatic carbocycles. The van der Waals surface area contributed by atoms with Gasteiger partial charge in [0, 0.05) is 12.6 Å². The highest BCUT2D eigenvalue weighted by Gasteiger charge is 2.01. The summed E-state index contributed by atoms with van der Waals surface area (Å²) in [6.07, 6.45) is 6.32. The number of nitrogens with one attached hydrogen (secondary N) is 1. The first-order valence-corrected chi connectivity index (χ1v) is 6.06. The van der Waals surface area contributed by atoms with Crippen molar-refractivity contribution in [2.45, 2.75) is 38.6 Å². The zero-order valence-corrected chi connectivity index (χ0v) is 10.1. The molecule has 0 spiro atoms. The quantitative estimate of drug-likeness (QED) is 0.660. The van der Waals surface area contributed by atoms with Gasteiger partial charge in [0.1, 0.15) is 0 Å². The molecule has 0 unspecified atom stereocenters. The number of nitrogens with two attached hydrogens (primary N) is 1. The van der Waals surface area contributed by atoms with Gasteiger partial charge in [-0.3, -0.25) is 4.79 Å². The Kier molecular flexibility index (Phi) is 6.90. The number of hydrogen-bond acceptors (Lipinski definition) is 4. The fourth-order valence-electron chi connectivity index (χ4n) is 1.49. The van der Waals surface area contributed by atoms with Crippen LogP contribution in [0.5, 0.6) is 0 Å². The number of nitrogens with zero attached hydrogens (tertiary/aromatic N) is 2. The van der Waals surface area contributed by atoms with E-state index in [9.17, 15) is 4.79 Å². The smallest absolute Gasteiger partial charge is 0.220 e. The van der Waals surface area contributed by atoms with E-state index in [0.717, 1.165) is 37.9 Å². The standard InChI is InChI=1S/C12H20N4O/c13-8-4-2-1-3-7-12(17)14-10-11-6-5-9-15-16-11/h5-6,9H,1-4,7-8,10,13H2,(H,14,17). The molecule has 1 aromatic rings. The van der Waals surface area contributed by atoms with Crippen LogP contribution in [0.15, 0.2) is 18.3 Å². The third kappa shape index (κ3) is 6.63. The van der Waals surface area contributed by atoms with E-state index < -0.39 is 0 Å². The number of rotatable bonds is 8. The number of carbonyl (C=O) groups is 1. The SMILES string of the molecule is NCCCCCCC(=O)NCc1cccnn1. The van der Waals surface area contributed by atoms with Crippen LogP contribution in [-0.4, -0.2) is 22.6 Å². The van der Waals surface area contributed by atoms with Gasteiger partial charge in [-0.05, 0) is 31.5 Å². The van der Waals surface area contributed by atoms with E-state index in [-0.39, 0.29) is 5.91 Å². The summed E-state index contributed by atoms with van der Waals surface area (Å²) in [6, 6.07) is 3.65. The molecule has 1 amide bonds. The molecule has 0 atom stereocenters. The molecule has 1 aromatic heterocycles. The van der Waals surface area contributed by atoms with Gasteiger partial charge in [0.15, 0.2) is 0 Å². The number of aromatic nitrogens is 2. The second-order valence-electron chi connectivity index (χ2n) is 3.94. The van der Waals surface area contributed by atoms with Gasteiger partial charge in [0.2, 0.25) is 5.91 Å². The van der Waals surface area contributed by atoms with Crippen molar-refractivity contribution in [2.24, 2.45) is 5.73 Å². The Morgan fingerprint density at radius 1 is 1.29 bits per heavy atom. The second-order valence-corrected chi connectivity index (χ2v) is 3.94. The molecular weight excluding hydrogens is 216 g/mol. The van der Waals surface area contributed by atoms with Crippen molar-refractivity contribution in [3.63, 3.8) is 0 Å². The maximum Gasteiger partial charge on any atom is 0.220 e. The second kappa shape index (κ2) is 8.64. The van der Waals surface area contributed by atoms with Crippen molar-refractivity contribution < 1.29 is 4.79 Å². The van der Waals surface area contributed by atoms with E-state index in [1.807, 2.05) is 6.07 Å². The molecule has 94 valence electrons. The molecule has 0 aliphatic rings. The van der Waals surface area contributed by atoms with E-state index in [4.69, 9.17) is 5.73 Å². The van der Waals surface area contributed by atoms with Gasteiger partial charge >= 0.3 is 0 Å². The fourth-order valence-corrected chi connectivity index (χ4v) is 1.49. The topological polar surface area (TPSA) is 80.9 Å². The van der Waals surface area contributed by atoms with Crippen molar-refractivity contribution in [3.05, 3.63) is 24.0 Å². The Balaban J connectivity index is 2.05. The summed E-state index contributed by atoms with van der Waals surface area (Å²) in [7, 11) is 0. The maximum absolute atomic E-state index is 11.5. The first kappa shape index (κ1) is 13.6. The molecule has 1 rings (SSSR count). The van der Waals surface area contributed by atoms with Crippen LogP contribution in [0, 0.1) is 0 Å². The predicted molar refractivity (Wildman–Crippen MR) is 66.0 cm³/mol. The van der Waals surface area contributed by atoms with Crippen molar-refractivity contribution in [2.75, 3.05) is 6.54 Å². The van der Waals surface area contributed by atoms with Crippen LogP contribution in [0.1, 0.15) is 37.8 Å². The van der Waals surface area contributed by atoms with Gasteiger partial charge in [-0.1, -0.05) is 12.8 Å². The molecule has 17 heavy (non-hydrogen) atoms. The van der Waals surface area contributed by atoms with Crippen LogP contribution < -0.4 is 11.1 Å². The zero-order valence-electron chi connectivity index (χ0n) is 10.1. The minimum absolute atomic E-state index is 0.0726. The molecule has 0 aliphatic heterocycles. The Labute approximate surface area is 102 Å². The highest BCUT2D eigenvalue weighted by atomic mass is 16.1. The van der Waals surface area contributed by atoms with Gasteiger partial charge in [0.05, 0.1) is 12.2 Å². The van der Waals surface area contributed by atoms with E-state index >= 15 is 0 Å². The van der Waals surface area contributed by atoms with Crippen molar-refractivity contribution in [1.82, 2.24) is 15.5 Å². The van der Waals surface area contributed by atoms with Crippen LogP contribution in [-0.2, 0) is 11.3 Å². The monoisotopic (exact) mass is 236 g/mol. The van der Waals surface area contributed by atoms with E-state index in [0.29, 0.717) is 13.0 Å². The van der Waals surface area contributed by atoms with Crippen LogP contribution in [0.3, 0.4) is 0 Å². The predicted octanol–water partition coefficient (Wildman–Crippen LogP) is 1.00. The number of amides is 1. The number of unbranched alkanes of at least 4 members (excludes halogenated alkanes) is 3. The lowest BCUT2D eigenvalue weighted by Crippen LogP contribution is -2.22. The van der Waals surface area contributed by atoms with Crippen molar-refractivity contribution in [1.29, 1.82) is 0 Å². The minimum Gasteiger partial charge on any atom is -0.350 e. The van der Waals surface area contributed by atoms with Crippen LogP contribution >= 0.6 is 0 Å². The molecule has 0 saturated heterocycles. The number of carbonyl (C=O) groups excluding carboxylic acids is 1. The summed E-state index contributed by atoms with van der Waals surface area (Å²) in [4.78, 5) is 11.5. The minimum atomic E-state index is 0.0726. The van der Waals surface area contributed by atoms with E-state index in [1.54, 1.807) is 12.3 Å². The molecule has 1 heterocycles. The molecule has 0 bridgehead atoms. The van der Waals surface area contributed by atoms with E-state index in [2.05, 4.69) is 15.5 Å². The Morgan fingerprint density at radius 2 is 2.12 bits per heavy atom. The summed E-state index contributed by atoms with van der Waals surface area (Å²) in [6.45, 7) is 1.19. The van der Waals surface area contributed by atoms with Crippen LogP contribution in [0.2, 0.25) is 0 Å². The van der Waals surface area contributed by atoms with Gasteiger partial charge in [0.25, 0.3) is 0 Å². The zero-order chi connectivity index (χ0) is 12.3. The lowest BCUT2D eigenvalue weighted by molar-refractivity contribution is -0.121. The molecule has 5 heteroatoms. The normalized spacial score (nSPS) is 10.2. The highest BCUT2D eigenvalue weighted by molar-refractivity contribution is 5.75. The molecule has 0 saturated carbocycles. The highest BCUT2D eigenvalue weighted by Crippen LogP contribution is 2.02. The van der Waals surface area contributed by atoms with Gasteiger partial charge in [-0.2, -0.15) is 10.2 Å². The fraction of sp³-hybridized carbons (Fsp3) is 0.583. The molecule has 3 N–H and O–H groups in total. The van der Waals surface area contributed by atoms with Crippen molar-refractivity contribution >= 4 is 5.91 Å². The van der Waals surface area contributed by atoms with Gasteiger partial charge in [-0.15, -0.1) is 0 Å². The third-order valence-corrected chi connectivity index (χ3v) is 2.45. The first-order valence-electron chi connectivity index (χ1n) is 6.06. The summed E-state index contributed by atoms with van der Waals surface area (Å²) in [5.74, 6) is 0.0726. The van der Waals surface area contributed by atoms with Gasteiger partial charge in [-0.25, -0.2) is 0 Å². The summed E-state index contributed by atoms with van der Waals surface area (Å²) < 4.78 is 0. The molecule has 0 radical (unpaired) electrons. The Morgan fingerprint density at radius 3 is 2.82 bits per heavy atom. The lowest BCUT2D eigenvalue weighted by atomic mass is 10.1. The lowest BCUT2D eigenvalue weighted by Gasteiger charge is -2.04.